The Kier molecular flexibility index (Phi) is 6.90. The fourth-order valence-electron chi connectivity index (χ4n) is 9.42. The zero-order valence-corrected chi connectivity index (χ0v) is 30.4. The minimum atomic E-state index is 0.350. The van der Waals surface area contributed by atoms with Gasteiger partial charge in [0, 0.05) is 63.6 Å². The lowest BCUT2D eigenvalue weighted by Crippen LogP contribution is -2.13. The van der Waals surface area contributed by atoms with Crippen LogP contribution >= 0.6 is 0 Å². The van der Waals surface area contributed by atoms with Crippen LogP contribution in [0.1, 0.15) is 60.1 Å². The summed E-state index contributed by atoms with van der Waals surface area (Å²) in [7, 11) is 0. The van der Waals surface area contributed by atoms with Gasteiger partial charge in [-0.15, -0.1) is 0 Å². The lowest BCUT2D eigenvalue weighted by molar-refractivity contribution is 0.617. The molecular weight excluding hydrogens is 657 g/mol. The monoisotopic (exact) mass is 694 g/mol. The molecule has 4 aromatic heterocycles. The number of rotatable bonds is 4. The van der Waals surface area contributed by atoms with Crippen LogP contribution < -0.4 is 0 Å². The maximum atomic E-state index is 4.30. The molecular formula is C50H38N4. The zero-order chi connectivity index (χ0) is 35.9. The molecule has 2 aliphatic rings. The molecule has 258 valence electrons. The van der Waals surface area contributed by atoms with Gasteiger partial charge in [-0.2, -0.15) is 0 Å². The summed E-state index contributed by atoms with van der Waals surface area (Å²) >= 11 is 0. The maximum Gasteiger partial charge on any atom is 0.0547 e. The lowest BCUT2D eigenvalue weighted by atomic mass is 9.72. The largest absolute Gasteiger partial charge is 0.313 e. The molecule has 2 aliphatic carbocycles. The van der Waals surface area contributed by atoms with E-state index in [0.29, 0.717) is 11.8 Å². The number of hydrogen-bond acceptors (Lipinski definition) is 2. The highest BCUT2D eigenvalue weighted by Gasteiger charge is 2.32. The van der Waals surface area contributed by atoms with E-state index in [2.05, 4.69) is 166 Å². The number of pyridine rings is 2. The molecule has 54 heavy (non-hydrogen) atoms. The average Bonchev–Trinajstić information content (AvgIpc) is 3.74. The standard InChI is InChI=1S/C50H38N4/c1-31-32(2)40-28-46-44-26-36(34-19-23-52-24-20-34)14-16-48(44)54(38-11-7-4-8-12-38)50(46)30-42(40)41-29-49-45(27-39(31)41)43-25-35(33-17-21-51-22-18-33)13-15-47(43)53(49)37-9-5-3-6-10-37/h3-13,15,17-32H,14,16H2,1-2H3. The van der Waals surface area contributed by atoms with E-state index in [1.807, 2.05) is 24.8 Å². The third kappa shape index (κ3) is 4.63. The first kappa shape index (κ1) is 31.0. The molecule has 0 amide bonds. The van der Waals surface area contributed by atoms with Crippen molar-refractivity contribution in [3.63, 3.8) is 0 Å². The van der Waals surface area contributed by atoms with Gasteiger partial charge in [0.15, 0.2) is 0 Å². The maximum absolute atomic E-state index is 4.30. The molecule has 0 aliphatic heterocycles. The van der Waals surface area contributed by atoms with E-state index in [0.717, 1.165) is 12.8 Å². The molecule has 0 radical (unpaired) electrons. The van der Waals surface area contributed by atoms with Crippen molar-refractivity contribution >= 4 is 44.4 Å². The van der Waals surface area contributed by atoms with Crippen molar-refractivity contribution in [3.05, 3.63) is 180 Å². The van der Waals surface area contributed by atoms with Crippen LogP contribution in [0.4, 0.5) is 0 Å². The van der Waals surface area contributed by atoms with Crippen molar-refractivity contribution in [1.82, 2.24) is 19.1 Å². The van der Waals surface area contributed by atoms with Crippen molar-refractivity contribution in [2.75, 3.05) is 0 Å². The predicted octanol–water partition coefficient (Wildman–Crippen LogP) is 12.6. The molecule has 2 unspecified atom stereocenters. The van der Waals surface area contributed by atoms with Gasteiger partial charge in [0.1, 0.15) is 0 Å². The molecule has 5 aromatic carbocycles. The van der Waals surface area contributed by atoms with E-state index < -0.39 is 0 Å². The second kappa shape index (κ2) is 12.0. The Morgan fingerprint density at radius 2 is 1.04 bits per heavy atom. The Balaban J connectivity index is 1.19. The van der Waals surface area contributed by atoms with E-state index in [1.54, 1.807) is 0 Å². The van der Waals surface area contributed by atoms with Crippen LogP contribution in [0, 0.1) is 0 Å². The minimum absolute atomic E-state index is 0.350. The topological polar surface area (TPSA) is 35.6 Å². The fourth-order valence-corrected chi connectivity index (χ4v) is 9.42. The van der Waals surface area contributed by atoms with E-state index in [9.17, 15) is 0 Å². The van der Waals surface area contributed by atoms with Crippen LogP contribution in [0.5, 0.6) is 0 Å². The van der Waals surface area contributed by atoms with E-state index >= 15 is 0 Å². The summed E-state index contributed by atoms with van der Waals surface area (Å²) in [4.78, 5) is 8.57. The van der Waals surface area contributed by atoms with Crippen LogP contribution in [0.15, 0.2) is 152 Å². The van der Waals surface area contributed by atoms with E-state index in [4.69, 9.17) is 0 Å². The molecule has 4 heteroatoms. The number of benzene rings is 5. The summed E-state index contributed by atoms with van der Waals surface area (Å²) in [6.45, 7) is 4.85. The summed E-state index contributed by atoms with van der Waals surface area (Å²) in [6.07, 6.45) is 12.0. The van der Waals surface area contributed by atoms with Crippen LogP contribution in [0.2, 0.25) is 0 Å². The smallest absolute Gasteiger partial charge is 0.0547 e. The van der Waals surface area contributed by atoms with Gasteiger partial charge in [0.2, 0.25) is 0 Å². The first-order valence-corrected chi connectivity index (χ1v) is 19.1. The number of fused-ring (bicyclic) bond motifs is 9. The van der Waals surface area contributed by atoms with Crippen LogP contribution in [-0.4, -0.2) is 19.1 Å². The summed E-state index contributed by atoms with van der Waals surface area (Å²) in [5.41, 5.74) is 19.4. The Morgan fingerprint density at radius 1 is 0.481 bits per heavy atom. The van der Waals surface area contributed by atoms with Crippen molar-refractivity contribution in [2.45, 2.75) is 38.5 Å². The zero-order valence-electron chi connectivity index (χ0n) is 30.4. The van der Waals surface area contributed by atoms with Crippen molar-refractivity contribution in [1.29, 1.82) is 0 Å². The molecule has 0 N–H and O–H groups in total. The highest BCUT2D eigenvalue weighted by Crippen LogP contribution is 2.52. The molecule has 2 atom stereocenters. The molecule has 0 spiro atoms. The summed E-state index contributed by atoms with van der Waals surface area (Å²) in [5, 5.41) is 3.91. The van der Waals surface area contributed by atoms with Gasteiger partial charge in [0.05, 0.1) is 16.6 Å². The highest BCUT2D eigenvalue weighted by atomic mass is 15.0. The van der Waals surface area contributed by atoms with Crippen molar-refractivity contribution < 1.29 is 0 Å². The van der Waals surface area contributed by atoms with Gasteiger partial charge in [-0.05, 0) is 160 Å². The van der Waals surface area contributed by atoms with E-state index in [1.165, 1.54) is 99.9 Å². The number of nitrogens with zero attached hydrogens (tertiary/aromatic N) is 4. The van der Waals surface area contributed by atoms with Gasteiger partial charge < -0.3 is 9.13 Å². The SMILES string of the molecule is CC1c2cc3c4c(n(-c5ccccc5)c3cc2-c2cc3c(cc2C1C)c1cc(-c2ccncc2)ccc1n3-c1ccccc1)CCC(c1ccncc1)=C4. The van der Waals surface area contributed by atoms with Crippen LogP contribution in [0.25, 0.3) is 78.0 Å². The van der Waals surface area contributed by atoms with Crippen molar-refractivity contribution in [3.8, 4) is 33.6 Å². The first-order valence-electron chi connectivity index (χ1n) is 19.1. The van der Waals surface area contributed by atoms with Gasteiger partial charge in [-0.3, -0.25) is 9.97 Å². The fraction of sp³-hybridized carbons (Fsp3) is 0.120. The van der Waals surface area contributed by atoms with Crippen LogP contribution in [0.3, 0.4) is 0 Å². The quantitative estimate of drug-likeness (QED) is 0.184. The molecule has 9 aromatic rings. The first-order chi connectivity index (χ1) is 26.6. The number of allylic oxidation sites excluding steroid dienone is 1. The Labute approximate surface area is 314 Å². The van der Waals surface area contributed by atoms with Gasteiger partial charge >= 0.3 is 0 Å². The molecule has 0 saturated heterocycles. The highest BCUT2D eigenvalue weighted by molar-refractivity contribution is 6.12. The molecule has 11 rings (SSSR count). The van der Waals surface area contributed by atoms with Crippen molar-refractivity contribution in [2.24, 2.45) is 0 Å². The third-order valence-electron chi connectivity index (χ3n) is 12.3. The molecule has 0 saturated carbocycles. The molecule has 4 nitrogen and oxygen atoms in total. The average molecular weight is 695 g/mol. The molecule has 0 bridgehead atoms. The molecule has 4 heterocycles. The predicted molar refractivity (Wildman–Crippen MR) is 224 cm³/mol. The number of para-hydroxylation sites is 2. The summed E-state index contributed by atoms with van der Waals surface area (Å²) < 4.78 is 4.99. The second-order valence-corrected chi connectivity index (χ2v) is 15.1. The number of aromatic nitrogens is 4. The number of hydrogen-bond donors (Lipinski definition) is 0. The van der Waals surface area contributed by atoms with E-state index in [-0.39, 0.29) is 0 Å². The Morgan fingerprint density at radius 3 is 1.69 bits per heavy atom. The van der Waals surface area contributed by atoms with Gasteiger partial charge in [-0.25, -0.2) is 0 Å². The summed E-state index contributed by atoms with van der Waals surface area (Å²) in [5.74, 6) is 0.704. The molecule has 0 fully saturated rings. The van der Waals surface area contributed by atoms with Gasteiger partial charge in [-0.1, -0.05) is 56.3 Å². The Hall–Kier alpha value is -6.52. The second-order valence-electron chi connectivity index (χ2n) is 15.1. The third-order valence-corrected chi connectivity index (χ3v) is 12.3. The summed E-state index contributed by atoms with van der Waals surface area (Å²) in [6, 6.07) is 47.2. The Bertz CT molecular complexity index is 2940. The van der Waals surface area contributed by atoms with Gasteiger partial charge in [0.25, 0.3) is 0 Å². The lowest BCUT2D eigenvalue weighted by Gasteiger charge is -2.32. The van der Waals surface area contributed by atoms with Crippen LogP contribution in [-0.2, 0) is 6.42 Å². The normalized spacial score (nSPS) is 16.3. The minimum Gasteiger partial charge on any atom is -0.313 e.